The van der Waals surface area contributed by atoms with Crippen molar-refractivity contribution in [3.63, 3.8) is 0 Å². The molecule has 1 atom stereocenters. The Morgan fingerprint density at radius 2 is 1.43 bits per heavy atom. The van der Waals surface area contributed by atoms with Gasteiger partial charge in [-0.2, -0.15) is 0 Å². The number of carbonyl (C=O) groups is 3. The number of carbonyl (C=O) groups excluding carboxylic acids is 3. The van der Waals surface area contributed by atoms with E-state index in [1.165, 1.54) is 36.0 Å². The Morgan fingerprint density at radius 1 is 0.761 bits per heavy atom. The summed E-state index contributed by atoms with van der Waals surface area (Å²) in [5.41, 5.74) is 2.13. The van der Waals surface area contributed by atoms with E-state index in [1.54, 1.807) is 61.5 Å². The minimum absolute atomic E-state index is 0.0541. The number of thioether (sulfide) groups is 1. The Kier molecular flexibility index (Phi) is 9.97. The molecule has 0 saturated carbocycles. The smallest absolute Gasteiger partial charge is 0.272 e. The molecule has 5 aromatic rings. The SMILES string of the molecule is CC(Sc1cccc(NC(=O)/C(=C\c2cccc3ccccc23)NC(=O)c2ccccc2)c1)C(=O)Nc1ccc(S(N)(=O)=O)cc1. The normalized spacial score (nSPS) is 12.3. The molecule has 5 aromatic carbocycles. The van der Waals surface area contributed by atoms with Gasteiger partial charge in [0.2, 0.25) is 15.9 Å². The maximum Gasteiger partial charge on any atom is 0.272 e. The fourth-order valence-corrected chi connectivity index (χ4v) is 5.99. The van der Waals surface area contributed by atoms with Crippen molar-refractivity contribution in [1.29, 1.82) is 0 Å². The lowest BCUT2D eigenvalue weighted by molar-refractivity contribution is -0.115. The maximum atomic E-state index is 13.6. The van der Waals surface area contributed by atoms with Crippen molar-refractivity contribution in [3.05, 3.63) is 138 Å². The number of hydrogen-bond acceptors (Lipinski definition) is 6. The minimum Gasteiger partial charge on any atom is -0.325 e. The zero-order valence-electron chi connectivity index (χ0n) is 24.6. The van der Waals surface area contributed by atoms with Crippen molar-refractivity contribution in [2.75, 3.05) is 10.6 Å². The van der Waals surface area contributed by atoms with E-state index in [1.807, 2.05) is 48.5 Å². The predicted molar refractivity (Wildman–Crippen MR) is 183 cm³/mol. The molecule has 5 N–H and O–H groups in total. The van der Waals surface area contributed by atoms with Gasteiger partial charge in [-0.3, -0.25) is 14.4 Å². The Hall–Kier alpha value is -5.23. The quantitative estimate of drug-likeness (QED) is 0.107. The minimum atomic E-state index is -3.84. The molecular formula is C35H30N4O5S2. The zero-order chi connectivity index (χ0) is 32.7. The molecule has 0 spiro atoms. The summed E-state index contributed by atoms with van der Waals surface area (Å²) in [4.78, 5) is 40.2. The molecule has 5 rings (SSSR count). The van der Waals surface area contributed by atoms with Crippen molar-refractivity contribution in [3.8, 4) is 0 Å². The molecule has 46 heavy (non-hydrogen) atoms. The number of hydrogen-bond donors (Lipinski definition) is 4. The van der Waals surface area contributed by atoms with Crippen molar-refractivity contribution in [1.82, 2.24) is 5.32 Å². The molecule has 0 aromatic heterocycles. The highest BCUT2D eigenvalue weighted by Crippen LogP contribution is 2.27. The number of primary sulfonamides is 1. The van der Waals surface area contributed by atoms with Gasteiger partial charge in [-0.1, -0.05) is 66.7 Å². The van der Waals surface area contributed by atoms with Crippen LogP contribution in [0.15, 0.2) is 137 Å². The van der Waals surface area contributed by atoms with Crippen LogP contribution < -0.4 is 21.1 Å². The molecule has 0 aliphatic rings. The van der Waals surface area contributed by atoms with Crippen LogP contribution in [0.4, 0.5) is 11.4 Å². The summed E-state index contributed by atoms with van der Waals surface area (Å²) in [6, 6.07) is 34.7. The number of nitrogens with one attached hydrogen (secondary N) is 3. The second-order valence-corrected chi connectivity index (χ2v) is 13.2. The van der Waals surface area contributed by atoms with Gasteiger partial charge in [0.15, 0.2) is 0 Å². The number of benzene rings is 5. The number of amides is 3. The fraction of sp³-hybridized carbons (Fsp3) is 0.0571. The van der Waals surface area contributed by atoms with Crippen LogP contribution in [0.2, 0.25) is 0 Å². The molecule has 9 nitrogen and oxygen atoms in total. The van der Waals surface area contributed by atoms with E-state index in [0.717, 1.165) is 21.2 Å². The maximum absolute atomic E-state index is 13.6. The molecule has 3 amide bonds. The molecule has 0 saturated heterocycles. The van der Waals surface area contributed by atoms with Gasteiger partial charge in [0.25, 0.3) is 11.8 Å². The highest BCUT2D eigenvalue weighted by molar-refractivity contribution is 8.00. The molecule has 1 unspecified atom stereocenters. The number of fused-ring (bicyclic) bond motifs is 1. The number of nitrogens with two attached hydrogens (primary N) is 1. The van der Waals surface area contributed by atoms with E-state index in [2.05, 4.69) is 16.0 Å². The van der Waals surface area contributed by atoms with Crippen LogP contribution in [0, 0.1) is 0 Å². The van der Waals surface area contributed by atoms with Gasteiger partial charge in [-0.25, -0.2) is 13.6 Å². The highest BCUT2D eigenvalue weighted by Gasteiger charge is 2.18. The molecule has 0 aliphatic heterocycles. The van der Waals surface area contributed by atoms with Crippen molar-refractivity contribution < 1.29 is 22.8 Å². The van der Waals surface area contributed by atoms with E-state index in [-0.39, 0.29) is 16.5 Å². The zero-order valence-corrected chi connectivity index (χ0v) is 26.3. The van der Waals surface area contributed by atoms with Crippen LogP contribution in [0.1, 0.15) is 22.8 Å². The van der Waals surface area contributed by atoms with Crippen LogP contribution in [0.5, 0.6) is 0 Å². The number of sulfonamides is 1. The third-order valence-corrected chi connectivity index (χ3v) is 8.90. The summed E-state index contributed by atoms with van der Waals surface area (Å²) >= 11 is 1.28. The van der Waals surface area contributed by atoms with Gasteiger partial charge in [0, 0.05) is 21.8 Å². The summed E-state index contributed by atoms with van der Waals surface area (Å²) in [5.74, 6) is -1.24. The van der Waals surface area contributed by atoms with Crippen LogP contribution in [0.25, 0.3) is 16.8 Å². The average molecular weight is 651 g/mol. The second-order valence-electron chi connectivity index (χ2n) is 10.2. The molecule has 0 radical (unpaired) electrons. The van der Waals surface area contributed by atoms with E-state index < -0.39 is 27.1 Å². The number of anilines is 2. The topological polar surface area (TPSA) is 147 Å². The summed E-state index contributed by atoms with van der Waals surface area (Å²) in [6.07, 6.45) is 1.65. The van der Waals surface area contributed by atoms with E-state index >= 15 is 0 Å². The molecule has 0 aliphatic carbocycles. The van der Waals surface area contributed by atoms with Crippen molar-refractivity contribution in [2.24, 2.45) is 5.14 Å². The summed E-state index contributed by atoms with van der Waals surface area (Å²) in [5, 5.41) is 14.9. The van der Waals surface area contributed by atoms with E-state index in [4.69, 9.17) is 5.14 Å². The Balaban J connectivity index is 1.32. The summed E-state index contributed by atoms with van der Waals surface area (Å²) in [7, 11) is -3.84. The monoisotopic (exact) mass is 650 g/mol. The van der Waals surface area contributed by atoms with Gasteiger partial charge in [0.1, 0.15) is 5.70 Å². The van der Waals surface area contributed by atoms with Gasteiger partial charge in [-0.15, -0.1) is 11.8 Å². The number of rotatable bonds is 10. The van der Waals surface area contributed by atoms with Gasteiger partial charge in [-0.05, 0) is 83.9 Å². The third-order valence-electron chi connectivity index (χ3n) is 6.88. The van der Waals surface area contributed by atoms with Gasteiger partial charge >= 0.3 is 0 Å². The highest BCUT2D eigenvalue weighted by atomic mass is 32.2. The van der Waals surface area contributed by atoms with Gasteiger partial charge in [0.05, 0.1) is 10.1 Å². The van der Waals surface area contributed by atoms with Crippen LogP contribution in [0.3, 0.4) is 0 Å². The molecule has 0 fully saturated rings. The Bertz CT molecular complexity index is 2040. The fourth-order valence-electron chi connectivity index (χ4n) is 4.55. The lowest BCUT2D eigenvalue weighted by Crippen LogP contribution is -2.30. The van der Waals surface area contributed by atoms with E-state index in [9.17, 15) is 22.8 Å². The first kappa shape index (κ1) is 32.2. The van der Waals surface area contributed by atoms with Gasteiger partial charge < -0.3 is 16.0 Å². The largest absolute Gasteiger partial charge is 0.325 e. The molecule has 0 heterocycles. The molecule has 11 heteroatoms. The van der Waals surface area contributed by atoms with Crippen LogP contribution in [-0.2, 0) is 19.6 Å². The first-order valence-corrected chi connectivity index (χ1v) is 16.6. The standard InChI is InChI=1S/C35H30N4O5S2/c1-23(33(40)37-27-17-19-30(20-18-27)46(36,43)44)45-29-15-8-14-28(22-29)38-35(42)32(39-34(41)25-10-3-2-4-11-25)21-26-13-7-12-24-9-5-6-16-31(24)26/h2-23H,1H3,(H,37,40)(H,38,42)(H,39,41)(H2,36,43,44)/b32-21+. The third kappa shape index (κ3) is 8.27. The van der Waals surface area contributed by atoms with Crippen LogP contribution in [-0.4, -0.2) is 31.4 Å². The summed E-state index contributed by atoms with van der Waals surface area (Å²) in [6.45, 7) is 1.73. The summed E-state index contributed by atoms with van der Waals surface area (Å²) < 4.78 is 23.0. The Labute approximate surface area is 271 Å². The van der Waals surface area contributed by atoms with Crippen molar-refractivity contribution >= 4 is 67.7 Å². The lowest BCUT2D eigenvalue weighted by atomic mass is 10.0. The lowest BCUT2D eigenvalue weighted by Gasteiger charge is -2.14. The second kappa shape index (κ2) is 14.2. The molecule has 0 bridgehead atoms. The molecular weight excluding hydrogens is 621 g/mol. The first-order chi connectivity index (χ1) is 22.1. The first-order valence-electron chi connectivity index (χ1n) is 14.1. The van der Waals surface area contributed by atoms with E-state index in [0.29, 0.717) is 16.9 Å². The predicted octanol–water partition coefficient (Wildman–Crippen LogP) is 6.02. The molecule has 232 valence electrons. The average Bonchev–Trinajstić information content (AvgIpc) is 3.05. The Morgan fingerprint density at radius 3 is 2.17 bits per heavy atom. The van der Waals surface area contributed by atoms with Crippen LogP contribution >= 0.6 is 11.8 Å². The van der Waals surface area contributed by atoms with Crippen molar-refractivity contribution in [2.45, 2.75) is 22.0 Å².